The van der Waals surface area contributed by atoms with Crippen LogP contribution in [-0.2, 0) is 11.3 Å². The number of amides is 2. The fourth-order valence-electron chi connectivity index (χ4n) is 3.59. The third kappa shape index (κ3) is 4.84. The number of carbonyl (C=O) groups is 1. The minimum Gasteiger partial charge on any atom is -0.497 e. The largest absolute Gasteiger partial charge is 0.497 e. The van der Waals surface area contributed by atoms with E-state index >= 15 is 0 Å². The maximum Gasteiger partial charge on any atom is 0.322 e. The quantitative estimate of drug-likeness (QED) is 0.699. The van der Waals surface area contributed by atoms with Gasteiger partial charge in [-0.25, -0.2) is 4.79 Å². The first-order chi connectivity index (χ1) is 14.7. The van der Waals surface area contributed by atoms with Gasteiger partial charge in [0.25, 0.3) is 5.89 Å². The lowest BCUT2D eigenvalue weighted by atomic mass is 10.0. The third-order valence-corrected chi connectivity index (χ3v) is 5.47. The topological polar surface area (TPSA) is 99.0 Å². The van der Waals surface area contributed by atoms with Crippen molar-refractivity contribution < 1.29 is 23.5 Å². The van der Waals surface area contributed by atoms with Gasteiger partial charge in [-0.2, -0.15) is 4.98 Å². The lowest BCUT2D eigenvalue weighted by molar-refractivity contribution is 0.0894. The molecule has 2 aromatic rings. The van der Waals surface area contributed by atoms with Crippen LogP contribution >= 0.6 is 0 Å². The summed E-state index contributed by atoms with van der Waals surface area (Å²) in [5.74, 6) is 2.85. The number of carbonyl (C=O) groups excluding carboxylic acids is 1. The van der Waals surface area contributed by atoms with Crippen LogP contribution in [-0.4, -0.2) is 48.4 Å². The first-order valence-corrected chi connectivity index (χ1v) is 10.4. The number of aromatic nitrogens is 2. The standard InChI is InChI=1S/C21H28N4O5/c1-27-15-8-9-16(18(11-15)28-2)22-21(26)25-10-4-3-5-17(25)20-23-19(30-24-20)13-29-12-14-6-7-14/h8-9,11,14,17H,3-7,10,12-13H2,1-2H3,(H,22,26). The number of urea groups is 1. The fraction of sp³-hybridized carbons (Fsp3) is 0.571. The molecule has 4 rings (SSSR count). The predicted octanol–water partition coefficient (Wildman–Crippen LogP) is 3.77. The molecule has 1 N–H and O–H groups in total. The van der Waals surface area contributed by atoms with Crippen molar-refractivity contribution in [2.45, 2.75) is 44.8 Å². The van der Waals surface area contributed by atoms with Gasteiger partial charge >= 0.3 is 6.03 Å². The molecule has 2 fully saturated rings. The second-order valence-electron chi connectivity index (χ2n) is 7.71. The predicted molar refractivity (Wildman–Crippen MR) is 109 cm³/mol. The minimum atomic E-state index is -0.232. The van der Waals surface area contributed by atoms with Gasteiger partial charge in [-0.3, -0.25) is 0 Å². The Kier molecular flexibility index (Phi) is 6.37. The van der Waals surface area contributed by atoms with Gasteiger partial charge < -0.3 is 29.0 Å². The number of rotatable bonds is 8. The lowest BCUT2D eigenvalue weighted by Crippen LogP contribution is -2.41. The van der Waals surface area contributed by atoms with E-state index in [1.807, 2.05) is 0 Å². The normalized spacial score (nSPS) is 18.9. The summed E-state index contributed by atoms with van der Waals surface area (Å²) in [6, 6.07) is 4.82. The number of hydrogen-bond acceptors (Lipinski definition) is 7. The zero-order valence-electron chi connectivity index (χ0n) is 17.4. The van der Waals surface area contributed by atoms with Gasteiger partial charge in [0, 0.05) is 12.6 Å². The van der Waals surface area contributed by atoms with E-state index in [0.717, 1.165) is 25.9 Å². The lowest BCUT2D eigenvalue weighted by Gasteiger charge is -2.33. The van der Waals surface area contributed by atoms with Crippen LogP contribution in [0, 0.1) is 5.92 Å². The molecule has 9 heteroatoms. The van der Waals surface area contributed by atoms with E-state index in [4.69, 9.17) is 18.7 Å². The van der Waals surface area contributed by atoms with Gasteiger partial charge in [-0.1, -0.05) is 5.16 Å². The van der Waals surface area contributed by atoms with Gasteiger partial charge in [0.15, 0.2) is 5.82 Å². The van der Waals surface area contributed by atoms with Gasteiger partial charge in [0.2, 0.25) is 0 Å². The summed E-state index contributed by atoms with van der Waals surface area (Å²) in [6.07, 6.45) is 5.19. The number of likely N-dealkylation sites (tertiary alicyclic amines) is 1. The van der Waals surface area contributed by atoms with Crippen LogP contribution < -0.4 is 14.8 Å². The molecule has 0 radical (unpaired) electrons. The molecule has 1 aliphatic heterocycles. The Hall–Kier alpha value is -2.81. The Balaban J connectivity index is 1.43. The molecule has 30 heavy (non-hydrogen) atoms. The molecule has 1 saturated heterocycles. The second kappa shape index (κ2) is 9.34. The zero-order valence-corrected chi connectivity index (χ0v) is 17.4. The summed E-state index contributed by atoms with van der Waals surface area (Å²) in [7, 11) is 3.14. The Morgan fingerprint density at radius 2 is 2.10 bits per heavy atom. The molecule has 1 saturated carbocycles. The van der Waals surface area contributed by atoms with Crippen LogP contribution in [0.25, 0.3) is 0 Å². The van der Waals surface area contributed by atoms with Crippen molar-refractivity contribution in [2.24, 2.45) is 5.92 Å². The van der Waals surface area contributed by atoms with E-state index in [9.17, 15) is 4.79 Å². The Morgan fingerprint density at radius 3 is 2.87 bits per heavy atom. The molecule has 1 aliphatic carbocycles. The van der Waals surface area contributed by atoms with Crippen LogP contribution in [0.4, 0.5) is 10.5 Å². The van der Waals surface area contributed by atoms with Crippen LogP contribution in [0.5, 0.6) is 11.5 Å². The van der Waals surface area contributed by atoms with E-state index < -0.39 is 0 Å². The minimum absolute atomic E-state index is 0.223. The highest BCUT2D eigenvalue weighted by Crippen LogP contribution is 2.33. The number of methoxy groups -OCH3 is 2. The molecule has 1 atom stereocenters. The zero-order chi connectivity index (χ0) is 20.9. The summed E-state index contributed by atoms with van der Waals surface area (Å²) in [5.41, 5.74) is 0.579. The van der Waals surface area contributed by atoms with Crippen molar-refractivity contribution in [3.8, 4) is 11.5 Å². The van der Waals surface area contributed by atoms with Gasteiger partial charge in [-0.05, 0) is 50.2 Å². The first-order valence-electron chi connectivity index (χ1n) is 10.4. The van der Waals surface area contributed by atoms with Crippen molar-refractivity contribution in [1.29, 1.82) is 0 Å². The van der Waals surface area contributed by atoms with Crippen LogP contribution in [0.15, 0.2) is 22.7 Å². The summed E-state index contributed by atoms with van der Waals surface area (Å²) in [5, 5.41) is 7.06. The Labute approximate surface area is 175 Å². The number of benzene rings is 1. The highest BCUT2D eigenvalue weighted by molar-refractivity contribution is 5.91. The monoisotopic (exact) mass is 416 g/mol. The molecule has 2 heterocycles. The van der Waals surface area contributed by atoms with Crippen molar-refractivity contribution in [3.63, 3.8) is 0 Å². The molecule has 0 spiro atoms. The van der Waals surface area contributed by atoms with Crippen molar-refractivity contribution in [3.05, 3.63) is 29.9 Å². The number of nitrogens with one attached hydrogen (secondary N) is 1. The number of piperidine rings is 1. The molecule has 1 unspecified atom stereocenters. The van der Waals surface area contributed by atoms with Gasteiger partial charge in [0.05, 0.1) is 32.6 Å². The molecule has 9 nitrogen and oxygen atoms in total. The molecule has 1 aromatic heterocycles. The van der Waals surface area contributed by atoms with Crippen LogP contribution in [0.3, 0.4) is 0 Å². The number of hydrogen-bond donors (Lipinski definition) is 1. The van der Waals surface area contributed by atoms with Gasteiger partial charge in [0.1, 0.15) is 18.1 Å². The summed E-state index contributed by atoms with van der Waals surface area (Å²) in [4.78, 5) is 19.3. The summed E-state index contributed by atoms with van der Waals surface area (Å²) < 4.78 is 21.6. The SMILES string of the molecule is COc1ccc(NC(=O)N2CCCCC2c2noc(COCC3CC3)n2)c(OC)c1. The molecule has 2 amide bonds. The second-order valence-corrected chi connectivity index (χ2v) is 7.71. The molecule has 162 valence electrons. The Morgan fingerprint density at radius 1 is 1.23 bits per heavy atom. The van der Waals surface area contributed by atoms with Crippen molar-refractivity contribution in [2.75, 3.05) is 32.7 Å². The smallest absolute Gasteiger partial charge is 0.322 e. The average molecular weight is 416 g/mol. The highest BCUT2D eigenvalue weighted by Gasteiger charge is 2.32. The molecule has 0 bridgehead atoms. The van der Waals surface area contributed by atoms with Crippen molar-refractivity contribution >= 4 is 11.7 Å². The van der Waals surface area contributed by atoms with Crippen molar-refractivity contribution in [1.82, 2.24) is 15.0 Å². The summed E-state index contributed by atoms with van der Waals surface area (Å²) >= 11 is 0. The third-order valence-electron chi connectivity index (χ3n) is 5.47. The maximum atomic E-state index is 13.1. The first kappa shape index (κ1) is 20.5. The highest BCUT2D eigenvalue weighted by atomic mass is 16.5. The van der Waals surface area contributed by atoms with E-state index in [1.165, 1.54) is 12.8 Å². The van der Waals surface area contributed by atoms with E-state index in [0.29, 0.717) is 48.0 Å². The fourth-order valence-corrected chi connectivity index (χ4v) is 3.59. The van der Waals surface area contributed by atoms with E-state index in [2.05, 4.69) is 15.5 Å². The molecule has 1 aromatic carbocycles. The van der Waals surface area contributed by atoms with Crippen LogP contribution in [0.2, 0.25) is 0 Å². The summed E-state index contributed by atoms with van der Waals surface area (Å²) in [6.45, 7) is 1.67. The van der Waals surface area contributed by atoms with E-state index in [1.54, 1.807) is 37.3 Å². The molecular weight excluding hydrogens is 388 g/mol. The van der Waals surface area contributed by atoms with Gasteiger partial charge in [-0.15, -0.1) is 0 Å². The van der Waals surface area contributed by atoms with Crippen LogP contribution in [0.1, 0.15) is 49.9 Å². The van der Waals surface area contributed by atoms with E-state index in [-0.39, 0.29) is 12.1 Å². The number of ether oxygens (including phenoxy) is 3. The molecule has 2 aliphatic rings. The average Bonchev–Trinajstić information content (AvgIpc) is 3.49. The maximum absolute atomic E-state index is 13.1. The number of anilines is 1. The number of nitrogens with zero attached hydrogens (tertiary/aromatic N) is 3. The molecular formula is C21H28N4O5. The Bertz CT molecular complexity index is 867.